The predicted octanol–water partition coefficient (Wildman–Crippen LogP) is 9.42. The molecule has 0 aliphatic carbocycles. The predicted molar refractivity (Wildman–Crippen MR) is 164 cm³/mol. The summed E-state index contributed by atoms with van der Waals surface area (Å²) in [7, 11) is 0. The molecule has 1 fully saturated rings. The molecule has 1 aliphatic rings. The quantitative estimate of drug-likeness (QED) is 0.138. The molecular formula is C36H47N. The zero-order valence-electron chi connectivity index (χ0n) is 23.8. The summed E-state index contributed by atoms with van der Waals surface area (Å²) in [5, 5.41) is 0. The standard InChI is InChI=1S/C29H39N.C7H8/c1-7-9-11-13-24(5)15-16-26-17-19-27(20-18-26)29-25(6)30(22-12-10-8-2)28(29)21-14-23(3)4;1-7-5-3-2-4-6-7/h7,9,11,13,17-20,25,28-29H,1,3,8,10,12,14,21-22H2,2,4-6H3;2-6H,1H3/b11-9-,24-13+;/t25?,28-,29+;/m0./s1. The van der Waals surface area contributed by atoms with E-state index in [-0.39, 0.29) is 0 Å². The van der Waals surface area contributed by atoms with Gasteiger partial charge in [-0.05, 0) is 76.8 Å². The molecule has 0 N–H and O–H groups in total. The van der Waals surface area contributed by atoms with Crippen LogP contribution in [0.25, 0.3) is 0 Å². The van der Waals surface area contributed by atoms with E-state index in [1.54, 1.807) is 6.08 Å². The maximum atomic E-state index is 4.13. The lowest BCUT2D eigenvalue weighted by molar-refractivity contribution is -0.00995. The van der Waals surface area contributed by atoms with E-state index in [4.69, 9.17) is 0 Å². The Morgan fingerprint density at radius 3 is 2.27 bits per heavy atom. The van der Waals surface area contributed by atoms with E-state index in [1.807, 2.05) is 43.4 Å². The van der Waals surface area contributed by atoms with Crippen LogP contribution in [0.4, 0.5) is 0 Å². The van der Waals surface area contributed by atoms with Crippen molar-refractivity contribution in [1.82, 2.24) is 4.90 Å². The van der Waals surface area contributed by atoms with Crippen LogP contribution in [0.5, 0.6) is 0 Å². The number of unbranched alkanes of at least 4 members (excludes halogenated alkanes) is 2. The summed E-state index contributed by atoms with van der Waals surface area (Å²) in [6, 6.07) is 20.4. The summed E-state index contributed by atoms with van der Waals surface area (Å²) in [6.45, 7) is 20.0. The van der Waals surface area contributed by atoms with Gasteiger partial charge in [-0.15, -0.1) is 6.58 Å². The van der Waals surface area contributed by atoms with Gasteiger partial charge in [0.05, 0.1) is 0 Å². The first-order chi connectivity index (χ1) is 17.9. The number of hydrogen-bond donors (Lipinski definition) is 0. The lowest BCUT2D eigenvalue weighted by atomic mass is 9.73. The molecule has 0 saturated carbocycles. The molecule has 3 atom stereocenters. The highest BCUT2D eigenvalue weighted by molar-refractivity contribution is 5.43. The van der Waals surface area contributed by atoms with Crippen LogP contribution in [0.3, 0.4) is 0 Å². The van der Waals surface area contributed by atoms with Gasteiger partial charge >= 0.3 is 0 Å². The van der Waals surface area contributed by atoms with E-state index >= 15 is 0 Å². The molecule has 2 aromatic carbocycles. The van der Waals surface area contributed by atoms with Crippen molar-refractivity contribution in [3.63, 3.8) is 0 Å². The second kappa shape index (κ2) is 16.6. The minimum absolute atomic E-state index is 0.607. The molecule has 1 heteroatoms. The van der Waals surface area contributed by atoms with Crippen molar-refractivity contribution in [2.45, 2.75) is 84.7 Å². The minimum Gasteiger partial charge on any atom is -0.296 e. The smallest absolute Gasteiger partial charge is 0.0249 e. The Morgan fingerprint density at radius 1 is 1.00 bits per heavy atom. The van der Waals surface area contributed by atoms with Crippen LogP contribution in [-0.4, -0.2) is 23.5 Å². The Morgan fingerprint density at radius 2 is 1.70 bits per heavy atom. The maximum absolute atomic E-state index is 4.13. The molecule has 196 valence electrons. The van der Waals surface area contributed by atoms with E-state index in [0.29, 0.717) is 18.0 Å². The average Bonchev–Trinajstić information content (AvgIpc) is 2.89. The number of benzene rings is 2. The fourth-order valence-corrected chi connectivity index (χ4v) is 4.90. The van der Waals surface area contributed by atoms with E-state index in [9.17, 15) is 0 Å². The molecular weight excluding hydrogens is 446 g/mol. The topological polar surface area (TPSA) is 3.24 Å². The van der Waals surface area contributed by atoms with Crippen LogP contribution in [0.1, 0.15) is 82.4 Å². The van der Waals surface area contributed by atoms with Crippen molar-refractivity contribution >= 4 is 0 Å². The van der Waals surface area contributed by atoms with Crippen molar-refractivity contribution in [3.05, 3.63) is 120 Å². The van der Waals surface area contributed by atoms with Gasteiger partial charge in [-0.1, -0.05) is 116 Å². The van der Waals surface area contributed by atoms with Crippen LogP contribution in [0.15, 0.2) is 103 Å². The second-order valence-electron chi connectivity index (χ2n) is 10.3. The van der Waals surface area contributed by atoms with E-state index < -0.39 is 0 Å². The van der Waals surface area contributed by atoms with Gasteiger partial charge in [-0.2, -0.15) is 0 Å². The molecule has 0 spiro atoms. The van der Waals surface area contributed by atoms with Gasteiger partial charge in [0.2, 0.25) is 0 Å². The first-order valence-corrected chi connectivity index (χ1v) is 13.9. The van der Waals surface area contributed by atoms with E-state index in [1.165, 1.54) is 48.9 Å². The van der Waals surface area contributed by atoms with Gasteiger partial charge in [-0.25, -0.2) is 0 Å². The monoisotopic (exact) mass is 493 g/mol. The summed E-state index contributed by atoms with van der Waals surface area (Å²) in [5.74, 6) is 7.12. The number of nitrogens with zero attached hydrogens (tertiary/aromatic N) is 1. The van der Waals surface area contributed by atoms with Crippen LogP contribution in [0.2, 0.25) is 0 Å². The molecule has 1 nitrogen and oxygen atoms in total. The fourth-order valence-electron chi connectivity index (χ4n) is 4.90. The molecule has 0 aromatic heterocycles. The first kappa shape index (κ1) is 30.1. The lowest BCUT2D eigenvalue weighted by Crippen LogP contribution is -2.61. The van der Waals surface area contributed by atoms with Crippen molar-refractivity contribution in [2.24, 2.45) is 0 Å². The highest BCUT2D eigenvalue weighted by atomic mass is 15.3. The third-order valence-corrected chi connectivity index (χ3v) is 7.00. The minimum atomic E-state index is 0.607. The molecule has 37 heavy (non-hydrogen) atoms. The first-order valence-electron chi connectivity index (χ1n) is 13.9. The zero-order valence-corrected chi connectivity index (χ0v) is 23.8. The van der Waals surface area contributed by atoms with Crippen molar-refractivity contribution < 1.29 is 0 Å². The summed E-state index contributed by atoms with van der Waals surface area (Å²) in [6.07, 6.45) is 13.9. The Hall–Kier alpha value is -3.08. The molecule has 1 saturated heterocycles. The number of allylic oxidation sites excluding steroid dienone is 6. The fraction of sp³-hybridized carbons (Fsp3) is 0.389. The summed E-state index contributed by atoms with van der Waals surface area (Å²) >= 11 is 0. The normalized spacial score (nSPS) is 19.3. The molecule has 0 radical (unpaired) electrons. The number of likely N-dealkylation sites (tertiary alicyclic amines) is 1. The summed E-state index contributed by atoms with van der Waals surface area (Å²) < 4.78 is 0. The summed E-state index contributed by atoms with van der Waals surface area (Å²) in [5.41, 5.74) is 6.19. The van der Waals surface area contributed by atoms with Crippen LogP contribution in [0, 0.1) is 18.8 Å². The van der Waals surface area contributed by atoms with Gasteiger partial charge in [0.15, 0.2) is 0 Å². The van der Waals surface area contributed by atoms with Gasteiger partial charge in [0, 0.05) is 23.6 Å². The van der Waals surface area contributed by atoms with Gasteiger partial charge < -0.3 is 0 Å². The average molecular weight is 494 g/mol. The molecule has 0 bridgehead atoms. The highest BCUT2D eigenvalue weighted by Gasteiger charge is 2.45. The number of hydrogen-bond acceptors (Lipinski definition) is 1. The van der Waals surface area contributed by atoms with Crippen molar-refractivity contribution in [3.8, 4) is 11.8 Å². The van der Waals surface area contributed by atoms with Gasteiger partial charge in [0.25, 0.3) is 0 Å². The number of rotatable bonds is 10. The van der Waals surface area contributed by atoms with Crippen molar-refractivity contribution in [2.75, 3.05) is 6.54 Å². The molecule has 2 aromatic rings. The van der Waals surface area contributed by atoms with Crippen LogP contribution in [-0.2, 0) is 0 Å². The maximum Gasteiger partial charge on any atom is 0.0249 e. The van der Waals surface area contributed by atoms with Crippen LogP contribution < -0.4 is 0 Å². The molecule has 1 heterocycles. The Kier molecular flexibility index (Phi) is 13.5. The van der Waals surface area contributed by atoms with Crippen LogP contribution >= 0.6 is 0 Å². The number of aryl methyl sites for hydroxylation is 1. The highest BCUT2D eigenvalue weighted by Crippen LogP contribution is 2.43. The third kappa shape index (κ3) is 10.4. The van der Waals surface area contributed by atoms with Gasteiger partial charge in [0.1, 0.15) is 0 Å². The largest absolute Gasteiger partial charge is 0.296 e. The molecule has 1 unspecified atom stereocenters. The molecule has 0 amide bonds. The van der Waals surface area contributed by atoms with Crippen molar-refractivity contribution in [1.29, 1.82) is 0 Å². The molecule has 1 aliphatic heterocycles. The second-order valence-corrected chi connectivity index (χ2v) is 10.3. The molecule has 3 rings (SSSR count). The Labute approximate surface area is 227 Å². The Bertz CT molecular complexity index is 1070. The Balaban J connectivity index is 0.000000591. The zero-order chi connectivity index (χ0) is 27.0. The lowest BCUT2D eigenvalue weighted by Gasteiger charge is -2.55. The SMILES string of the molecule is C=C/C=C\C=C(/C)C#Cc1ccc([C@H]2C(C)N(CCCCC)[C@H]2CCC(=C)C)cc1.Cc1ccccc1. The van der Waals surface area contributed by atoms with E-state index in [0.717, 1.165) is 17.6 Å². The third-order valence-electron chi connectivity index (χ3n) is 7.00. The van der Waals surface area contributed by atoms with E-state index in [2.05, 4.69) is 94.0 Å². The van der Waals surface area contributed by atoms with Gasteiger partial charge in [-0.3, -0.25) is 4.90 Å². The summed E-state index contributed by atoms with van der Waals surface area (Å²) in [4.78, 5) is 2.72.